The van der Waals surface area contributed by atoms with Gasteiger partial charge in [-0.1, -0.05) is 0 Å². The van der Waals surface area contributed by atoms with Gasteiger partial charge < -0.3 is 20.1 Å². The number of hydrogen-bond acceptors (Lipinski definition) is 6. The van der Waals surface area contributed by atoms with Crippen LogP contribution in [0.4, 0.5) is 5.95 Å². The van der Waals surface area contributed by atoms with Crippen molar-refractivity contribution in [3.63, 3.8) is 0 Å². The highest BCUT2D eigenvalue weighted by molar-refractivity contribution is 6.59. The van der Waals surface area contributed by atoms with Gasteiger partial charge in [-0.2, -0.15) is 0 Å². The Kier molecular flexibility index (Phi) is 4.04. The van der Waals surface area contributed by atoms with Crippen molar-refractivity contribution < 1.29 is 14.8 Å². The first-order valence-electron chi connectivity index (χ1n) is 6.86. The van der Waals surface area contributed by atoms with Crippen LogP contribution in [-0.4, -0.2) is 44.5 Å². The Bertz CT molecular complexity index is 455. The Morgan fingerprint density at radius 2 is 1.80 bits per heavy atom. The van der Waals surface area contributed by atoms with Gasteiger partial charge in [0.2, 0.25) is 5.95 Å². The van der Waals surface area contributed by atoms with Gasteiger partial charge in [-0.3, -0.25) is 0 Å². The van der Waals surface area contributed by atoms with Crippen LogP contribution in [0.15, 0.2) is 12.4 Å². The number of rotatable bonds is 6. The highest BCUT2D eigenvalue weighted by Gasteiger charge is 2.39. The maximum atomic E-state index is 10.1. The topological polar surface area (TPSA) is 87.5 Å². The molecule has 7 heteroatoms. The molecule has 1 aromatic heterocycles. The standard InChI is InChI=1S/C13H22BN3O3/c1-12(2,18)13(3,4)20-14(19)9-7-15-11(16-8-9)17-10-5-6-10/h7-8,10,18-19H,5-6H2,1-4H3,(H,15,16,17). The largest absolute Gasteiger partial charge is 0.494 e. The minimum absolute atomic E-state index is 0.462. The molecule has 1 aliphatic rings. The molecule has 0 amide bonds. The first kappa shape index (κ1) is 15.2. The minimum atomic E-state index is -1.17. The predicted molar refractivity (Wildman–Crippen MR) is 77.7 cm³/mol. The van der Waals surface area contributed by atoms with Gasteiger partial charge in [-0.15, -0.1) is 0 Å². The van der Waals surface area contributed by atoms with E-state index in [0.717, 1.165) is 12.8 Å². The molecule has 1 aromatic rings. The Morgan fingerprint density at radius 1 is 1.25 bits per heavy atom. The number of hydrogen-bond donors (Lipinski definition) is 3. The monoisotopic (exact) mass is 279 g/mol. The molecule has 0 aliphatic heterocycles. The van der Waals surface area contributed by atoms with Gasteiger partial charge in [0.05, 0.1) is 11.2 Å². The summed E-state index contributed by atoms with van der Waals surface area (Å²) in [6.45, 7) is 6.72. The molecule has 3 N–H and O–H groups in total. The molecule has 6 nitrogen and oxygen atoms in total. The summed E-state index contributed by atoms with van der Waals surface area (Å²) in [6.07, 6.45) is 5.36. The van der Waals surface area contributed by atoms with E-state index in [2.05, 4.69) is 15.3 Å². The van der Waals surface area contributed by atoms with Crippen LogP contribution < -0.4 is 10.8 Å². The lowest BCUT2D eigenvalue weighted by molar-refractivity contribution is -0.0982. The summed E-state index contributed by atoms with van der Waals surface area (Å²) >= 11 is 0. The van der Waals surface area contributed by atoms with E-state index in [1.54, 1.807) is 27.7 Å². The molecule has 0 bridgehead atoms. The van der Waals surface area contributed by atoms with E-state index in [-0.39, 0.29) is 0 Å². The first-order valence-corrected chi connectivity index (χ1v) is 6.86. The lowest BCUT2D eigenvalue weighted by Crippen LogP contribution is -2.53. The summed E-state index contributed by atoms with van der Waals surface area (Å²) < 4.78 is 5.53. The lowest BCUT2D eigenvalue weighted by Gasteiger charge is -2.38. The van der Waals surface area contributed by atoms with Crippen molar-refractivity contribution in [3.8, 4) is 0 Å². The predicted octanol–water partition coefficient (Wildman–Crippen LogP) is 0.304. The fourth-order valence-corrected chi connectivity index (χ4v) is 1.44. The second-order valence-corrected chi connectivity index (χ2v) is 6.30. The third-order valence-corrected chi connectivity index (χ3v) is 3.75. The molecule has 0 atom stereocenters. The van der Waals surface area contributed by atoms with E-state index in [0.29, 0.717) is 17.5 Å². The molecule has 1 fully saturated rings. The Hall–Kier alpha value is -1.18. The molecule has 110 valence electrons. The van der Waals surface area contributed by atoms with E-state index in [9.17, 15) is 10.1 Å². The van der Waals surface area contributed by atoms with E-state index in [1.165, 1.54) is 12.4 Å². The SMILES string of the molecule is CC(C)(O)C(C)(C)OB(O)c1cnc(NC2CC2)nc1. The number of aromatic nitrogens is 2. The average molecular weight is 279 g/mol. The Balaban J connectivity index is 1.99. The summed E-state index contributed by atoms with van der Waals surface area (Å²) in [7, 11) is -1.17. The maximum Gasteiger partial charge on any atom is 0.494 e. The van der Waals surface area contributed by atoms with Crippen molar-refractivity contribution in [1.82, 2.24) is 9.97 Å². The molecule has 0 saturated heterocycles. The molecule has 1 saturated carbocycles. The van der Waals surface area contributed by atoms with E-state index < -0.39 is 18.3 Å². The van der Waals surface area contributed by atoms with Crippen molar-refractivity contribution >= 4 is 18.5 Å². The molecule has 0 spiro atoms. The van der Waals surface area contributed by atoms with Crippen LogP contribution >= 0.6 is 0 Å². The van der Waals surface area contributed by atoms with Crippen LogP contribution in [0.1, 0.15) is 40.5 Å². The molecule has 2 rings (SSSR count). The minimum Gasteiger partial charge on any atom is -0.423 e. The van der Waals surface area contributed by atoms with Crippen molar-refractivity contribution in [3.05, 3.63) is 12.4 Å². The van der Waals surface area contributed by atoms with Crippen LogP contribution in [0.5, 0.6) is 0 Å². The highest BCUT2D eigenvalue weighted by atomic mass is 16.5. The zero-order valence-electron chi connectivity index (χ0n) is 12.4. The summed E-state index contributed by atoms with van der Waals surface area (Å²) in [5.74, 6) is 0.560. The third kappa shape index (κ3) is 3.68. The van der Waals surface area contributed by atoms with Crippen LogP contribution in [0.3, 0.4) is 0 Å². The summed E-state index contributed by atoms with van der Waals surface area (Å²) in [4.78, 5) is 8.29. The fraction of sp³-hybridized carbons (Fsp3) is 0.692. The van der Waals surface area contributed by atoms with Gasteiger partial charge in [0.15, 0.2) is 0 Å². The molecule has 20 heavy (non-hydrogen) atoms. The smallest absolute Gasteiger partial charge is 0.423 e. The maximum absolute atomic E-state index is 10.1. The summed E-state index contributed by atoms with van der Waals surface area (Å²) in [6, 6.07) is 0.483. The van der Waals surface area contributed by atoms with Crippen LogP contribution in [0, 0.1) is 0 Å². The molecule has 1 heterocycles. The third-order valence-electron chi connectivity index (χ3n) is 3.75. The summed E-state index contributed by atoms with van der Waals surface area (Å²) in [5, 5.41) is 23.3. The number of aliphatic hydroxyl groups is 1. The van der Waals surface area contributed by atoms with E-state index in [1.807, 2.05) is 0 Å². The van der Waals surface area contributed by atoms with Gasteiger partial charge >= 0.3 is 7.12 Å². The Morgan fingerprint density at radius 3 is 2.25 bits per heavy atom. The van der Waals surface area contributed by atoms with E-state index in [4.69, 9.17) is 4.65 Å². The Labute approximate surface area is 119 Å². The van der Waals surface area contributed by atoms with Crippen LogP contribution in [0.2, 0.25) is 0 Å². The van der Waals surface area contributed by atoms with Crippen LogP contribution in [-0.2, 0) is 4.65 Å². The number of nitrogens with zero attached hydrogens (tertiary/aromatic N) is 2. The van der Waals surface area contributed by atoms with Crippen molar-refractivity contribution in [2.24, 2.45) is 0 Å². The molecule has 1 aliphatic carbocycles. The van der Waals surface area contributed by atoms with E-state index >= 15 is 0 Å². The number of nitrogens with one attached hydrogen (secondary N) is 1. The zero-order chi connectivity index (χ0) is 15.0. The number of anilines is 1. The van der Waals surface area contributed by atoms with Gasteiger partial charge in [0.1, 0.15) is 0 Å². The van der Waals surface area contributed by atoms with Crippen molar-refractivity contribution in [1.29, 1.82) is 0 Å². The van der Waals surface area contributed by atoms with Gasteiger partial charge in [-0.25, -0.2) is 9.97 Å². The molecule has 0 aromatic carbocycles. The van der Waals surface area contributed by atoms with Gasteiger partial charge in [0.25, 0.3) is 0 Å². The fourth-order valence-electron chi connectivity index (χ4n) is 1.44. The molecule has 0 radical (unpaired) electrons. The average Bonchev–Trinajstić information content (AvgIpc) is 3.11. The second-order valence-electron chi connectivity index (χ2n) is 6.30. The zero-order valence-corrected chi connectivity index (χ0v) is 12.4. The molecular formula is C13H22BN3O3. The second kappa shape index (κ2) is 5.31. The molecule has 0 unspecified atom stereocenters. The normalized spacial score (nSPS) is 16.1. The highest BCUT2D eigenvalue weighted by Crippen LogP contribution is 2.25. The quantitative estimate of drug-likeness (QED) is 0.649. The lowest BCUT2D eigenvalue weighted by atomic mass is 9.78. The molecular weight excluding hydrogens is 257 g/mol. The van der Waals surface area contributed by atoms with Crippen molar-refractivity contribution in [2.45, 2.75) is 57.8 Å². The first-order chi connectivity index (χ1) is 9.19. The van der Waals surface area contributed by atoms with Crippen molar-refractivity contribution in [2.75, 3.05) is 5.32 Å². The van der Waals surface area contributed by atoms with Gasteiger partial charge in [-0.05, 0) is 40.5 Å². The van der Waals surface area contributed by atoms with Gasteiger partial charge in [0, 0.05) is 23.9 Å². The van der Waals surface area contributed by atoms with Crippen LogP contribution in [0.25, 0.3) is 0 Å². The summed E-state index contributed by atoms with van der Waals surface area (Å²) in [5.41, 5.74) is -1.52.